The Morgan fingerprint density at radius 1 is 1.08 bits per heavy atom. The van der Waals surface area contributed by atoms with Gasteiger partial charge in [0, 0.05) is 34.8 Å². The minimum Gasteiger partial charge on any atom is -0.462 e. The highest BCUT2D eigenvalue weighted by Gasteiger charge is 2.34. The summed E-state index contributed by atoms with van der Waals surface area (Å²) in [5, 5.41) is 3.53. The van der Waals surface area contributed by atoms with E-state index in [-0.39, 0.29) is 11.8 Å². The van der Waals surface area contributed by atoms with Gasteiger partial charge in [-0.1, -0.05) is 35.9 Å². The highest BCUT2D eigenvalue weighted by Crippen LogP contribution is 2.30. The van der Waals surface area contributed by atoms with Crippen LogP contribution in [0.4, 0.5) is 13.2 Å². The number of benzene rings is 2. The number of nitrogens with one attached hydrogen (secondary N) is 1. The average Bonchev–Trinajstić information content (AvgIpc) is 2.83. The molecule has 37 heavy (non-hydrogen) atoms. The molecule has 3 aromatic rings. The lowest BCUT2D eigenvalue weighted by Crippen LogP contribution is -2.51. The van der Waals surface area contributed by atoms with Crippen molar-refractivity contribution in [2.24, 2.45) is 5.73 Å². The van der Waals surface area contributed by atoms with Gasteiger partial charge in [-0.15, -0.1) is 0 Å². The third-order valence-electron chi connectivity index (χ3n) is 5.90. The first kappa shape index (κ1) is 28.0. The summed E-state index contributed by atoms with van der Waals surface area (Å²) in [6.45, 7) is 4.81. The van der Waals surface area contributed by atoms with Gasteiger partial charge < -0.3 is 15.8 Å². The molecule has 2 atom stereocenters. The normalized spacial score (nSPS) is 13.5. The summed E-state index contributed by atoms with van der Waals surface area (Å²) in [6, 6.07) is 15.7. The molecule has 1 heterocycles. The van der Waals surface area contributed by atoms with E-state index in [0.29, 0.717) is 23.2 Å². The van der Waals surface area contributed by atoms with Gasteiger partial charge in [0.1, 0.15) is 0 Å². The minimum atomic E-state index is -4.53. The van der Waals surface area contributed by atoms with E-state index >= 15 is 0 Å². The molecule has 0 saturated heterocycles. The Kier molecular flexibility index (Phi) is 8.48. The van der Waals surface area contributed by atoms with Gasteiger partial charge in [-0.05, 0) is 68.7 Å². The van der Waals surface area contributed by atoms with Crippen LogP contribution in [0, 0.1) is 0 Å². The van der Waals surface area contributed by atoms with E-state index in [1.165, 1.54) is 13.8 Å². The molecule has 1 unspecified atom stereocenters. The maximum atomic E-state index is 13.2. The molecular weight excluding hydrogens is 507 g/mol. The van der Waals surface area contributed by atoms with Crippen molar-refractivity contribution >= 4 is 23.4 Å². The van der Waals surface area contributed by atoms with Gasteiger partial charge in [0.15, 0.2) is 5.60 Å². The lowest BCUT2D eigenvalue weighted by atomic mass is 9.85. The van der Waals surface area contributed by atoms with Gasteiger partial charge in [0.2, 0.25) is 11.8 Å². The van der Waals surface area contributed by atoms with Gasteiger partial charge in [-0.25, -0.2) is 4.98 Å². The molecule has 3 N–H and O–H groups in total. The molecular formula is C27H27ClF3N3O3. The van der Waals surface area contributed by atoms with Crippen molar-refractivity contribution in [3.8, 4) is 5.88 Å². The number of ether oxygens (including phenoxy) is 1. The number of pyridine rings is 1. The predicted molar refractivity (Wildman–Crippen MR) is 134 cm³/mol. The van der Waals surface area contributed by atoms with Crippen molar-refractivity contribution in [2.75, 3.05) is 0 Å². The van der Waals surface area contributed by atoms with Crippen molar-refractivity contribution in [3.05, 3.63) is 94.1 Å². The Hall–Kier alpha value is -3.59. The zero-order valence-corrected chi connectivity index (χ0v) is 21.2. The van der Waals surface area contributed by atoms with E-state index in [0.717, 1.165) is 23.3 Å². The number of rotatable bonds is 9. The SMILES string of the molecule is C[C@H](NC(=O)C(C)(C)Oc1ccc(C(F)(F)F)cn1)C(Cc1ccc(Cl)cc1)c1cccc(C(N)=O)c1. The molecule has 2 amide bonds. The van der Waals surface area contributed by atoms with E-state index in [4.69, 9.17) is 22.1 Å². The van der Waals surface area contributed by atoms with E-state index in [1.807, 2.05) is 25.1 Å². The topological polar surface area (TPSA) is 94.3 Å². The van der Waals surface area contributed by atoms with Crippen LogP contribution in [0.1, 0.15) is 53.7 Å². The summed E-state index contributed by atoms with van der Waals surface area (Å²) in [7, 11) is 0. The van der Waals surface area contributed by atoms with Crippen molar-refractivity contribution in [1.29, 1.82) is 0 Å². The molecule has 0 fully saturated rings. The van der Waals surface area contributed by atoms with Gasteiger partial charge in [-0.2, -0.15) is 13.2 Å². The molecule has 0 aliphatic carbocycles. The van der Waals surface area contributed by atoms with E-state index in [1.54, 1.807) is 30.3 Å². The monoisotopic (exact) mass is 533 g/mol. The number of carbonyl (C=O) groups excluding carboxylic acids is 2. The second-order valence-corrected chi connectivity index (χ2v) is 9.62. The second kappa shape index (κ2) is 11.2. The number of halogens is 4. The van der Waals surface area contributed by atoms with E-state index in [2.05, 4.69) is 10.3 Å². The summed E-state index contributed by atoms with van der Waals surface area (Å²) in [6.07, 6.45) is -3.36. The van der Waals surface area contributed by atoms with Crippen LogP contribution in [0.25, 0.3) is 0 Å². The molecule has 0 aliphatic rings. The number of amides is 2. The molecule has 196 valence electrons. The number of carbonyl (C=O) groups is 2. The summed E-state index contributed by atoms with van der Waals surface area (Å²) in [5.74, 6) is -1.44. The average molecular weight is 534 g/mol. The van der Waals surface area contributed by atoms with Crippen molar-refractivity contribution < 1.29 is 27.5 Å². The van der Waals surface area contributed by atoms with Crippen LogP contribution in [0.15, 0.2) is 66.9 Å². The maximum absolute atomic E-state index is 13.2. The largest absolute Gasteiger partial charge is 0.462 e. The number of hydrogen-bond acceptors (Lipinski definition) is 4. The smallest absolute Gasteiger partial charge is 0.417 e. The maximum Gasteiger partial charge on any atom is 0.417 e. The quantitative estimate of drug-likeness (QED) is 0.377. The molecule has 0 spiro atoms. The van der Waals surface area contributed by atoms with Gasteiger partial charge in [-0.3, -0.25) is 9.59 Å². The molecule has 0 saturated carbocycles. The molecule has 3 rings (SSSR count). The fraction of sp³-hybridized carbons (Fsp3) is 0.296. The van der Waals surface area contributed by atoms with Crippen LogP contribution in [0.3, 0.4) is 0 Å². The summed E-state index contributed by atoms with van der Waals surface area (Å²) < 4.78 is 44.1. The van der Waals surface area contributed by atoms with E-state index in [9.17, 15) is 22.8 Å². The Morgan fingerprint density at radius 2 is 1.76 bits per heavy atom. The summed E-state index contributed by atoms with van der Waals surface area (Å²) in [5.41, 5.74) is 5.20. The predicted octanol–water partition coefficient (Wildman–Crippen LogP) is 5.54. The number of nitrogens with zero attached hydrogens (tertiary/aromatic N) is 1. The number of hydrogen-bond donors (Lipinski definition) is 2. The first-order valence-electron chi connectivity index (χ1n) is 11.4. The number of nitrogens with two attached hydrogens (primary N) is 1. The van der Waals surface area contributed by atoms with Crippen LogP contribution in [-0.2, 0) is 17.4 Å². The second-order valence-electron chi connectivity index (χ2n) is 9.18. The fourth-order valence-electron chi connectivity index (χ4n) is 3.78. The van der Waals surface area contributed by atoms with Crippen molar-refractivity contribution in [1.82, 2.24) is 10.3 Å². The van der Waals surface area contributed by atoms with Gasteiger partial charge in [0.25, 0.3) is 5.91 Å². The van der Waals surface area contributed by atoms with Gasteiger partial charge in [0.05, 0.1) is 5.56 Å². The molecule has 6 nitrogen and oxygen atoms in total. The van der Waals surface area contributed by atoms with Crippen molar-refractivity contribution in [2.45, 2.75) is 50.9 Å². The van der Waals surface area contributed by atoms with Crippen LogP contribution in [0.2, 0.25) is 5.02 Å². The lowest BCUT2D eigenvalue weighted by Gasteiger charge is -2.31. The fourth-order valence-corrected chi connectivity index (χ4v) is 3.90. The molecule has 2 aromatic carbocycles. The Labute approximate surface area is 218 Å². The number of primary amides is 1. The van der Waals surface area contributed by atoms with Gasteiger partial charge >= 0.3 is 6.18 Å². The Balaban J connectivity index is 1.81. The molecule has 0 aliphatic heterocycles. The Morgan fingerprint density at radius 3 is 2.32 bits per heavy atom. The Bertz CT molecular complexity index is 1250. The van der Waals surface area contributed by atoms with Crippen LogP contribution >= 0.6 is 11.6 Å². The first-order valence-corrected chi connectivity index (χ1v) is 11.8. The zero-order valence-electron chi connectivity index (χ0n) is 20.5. The summed E-state index contributed by atoms with van der Waals surface area (Å²) >= 11 is 6.02. The molecule has 0 radical (unpaired) electrons. The molecule has 1 aromatic heterocycles. The molecule has 10 heteroatoms. The lowest BCUT2D eigenvalue weighted by molar-refractivity contribution is -0.138. The minimum absolute atomic E-state index is 0.118. The van der Waals surface area contributed by atoms with Crippen molar-refractivity contribution in [3.63, 3.8) is 0 Å². The van der Waals surface area contributed by atoms with Crippen LogP contribution in [0.5, 0.6) is 5.88 Å². The van der Waals surface area contributed by atoms with Crippen LogP contribution < -0.4 is 15.8 Å². The number of alkyl halides is 3. The zero-order chi connectivity index (χ0) is 27.4. The standard InChI is InChI=1S/C27H27ClF3N3O3/c1-16(34-25(36)26(2,3)37-23-12-9-20(15-33-23)27(29,30)31)22(13-17-7-10-21(28)11-8-17)18-5-4-6-19(14-18)24(32)35/h4-12,14-16,22H,13H2,1-3H3,(H2,32,35)(H,34,36)/t16-,22?/m0/s1. The molecule has 0 bridgehead atoms. The number of aromatic nitrogens is 1. The highest BCUT2D eigenvalue weighted by molar-refractivity contribution is 6.30. The van der Waals surface area contributed by atoms with Crippen LogP contribution in [-0.4, -0.2) is 28.4 Å². The summed E-state index contributed by atoms with van der Waals surface area (Å²) in [4.78, 5) is 28.6. The third-order valence-corrected chi connectivity index (χ3v) is 6.15. The first-order chi connectivity index (χ1) is 17.3. The van der Waals surface area contributed by atoms with E-state index < -0.39 is 35.2 Å². The third kappa shape index (κ3) is 7.45. The highest BCUT2D eigenvalue weighted by atomic mass is 35.5.